The topological polar surface area (TPSA) is 95.9 Å². The van der Waals surface area contributed by atoms with Gasteiger partial charge in [-0.2, -0.15) is 0 Å². The van der Waals surface area contributed by atoms with E-state index in [9.17, 15) is 19.8 Å². The highest BCUT2D eigenvalue weighted by Crippen LogP contribution is 2.18. The number of allylic oxidation sites excluding steroid dienone is 9. The van der Waals surface area contributed by atoms with Gasteiger partial charge in [0.1, 0.15) is 0 Å². The minimum Gasteiger partial charge on any atom is -0.466 e. The third-order valence-corrected chi connectivity index (χ3v) is 17.0. The van der Waals surface area contributed by atoms with Crippen molar-refractivity contribution in [2.75, 3.05) is 13.2 Å². The summed E-state index contributed by atoms with van der Waals surface area (Å²) in [4.78, 5) is 24.6. The van der Waals surface area contributed by atoms with E-state index in [0.29, 0.717) is 19.4 Å². The SMILES string of the molecule is CCCCCC/C=C\C/C=C\CCCCCCCCCC(=O)OCCCCCCCCCCC/C=C\C/C=C\CCCCCCCCCC(=O)NC(CO)C(O)/C=C/CCCCCCCCCCCCCCCCCCCCCCCCC. The number of amides is 1. The zero-order chi connectivity index (χ0) is 59.9. The summed E-state index contributed by atoms with van der Waals surface area (Å²) in [5, 5.41) is 23.3. The summed E-state index contributed by atoms with van der Waals surface area (Å²) < 4.78 is 5.49. The fourth-order valence-electron chi connectivity index (χ4n) is 11.3. The number of carbonyl (C=O) groups excluding carboxylic acids is 2. The third kappa shape index (κ3) is 68.5. The summed E-state index contributed by atoms with van der Waals surface area (Å²) in [6.45, 7) is 4.90. The van der Waals surface area contributed by atoms with Crippen LogP contribution in [0.15, 0.2) is 60.8 Å². The Morgan fingerprint density at radius 3 is 0.928 bits per heavy atom. The van der Waals surface area contributed by atoms with Crippen molar-refractivity contribution in [1.29, 1.82) is 0 Å². The van der Waals surface area contributed by atoms with Crippen LogP contribution in [0.5, 0.6) is 0 Å². The molecule has 0 saturated carbocycles. The summed E-state index contributed by atoms with van der Waals surface area (Å²) in [5.41, 5.74) is 0. The van der Waals surface area contributed by atoms with Gasteiger partial charge < -0.3 is 20.3 Å². The van der Waals surface area contributed by atoms with E-state index in [1.807, 2.05) is 6.08 Å². The molecule has 2 unspecified atom stereocenters. The molecule has 0 aromatic rings. The maximum atomic E-state index is 12.5. The average Bonchev–Trinajstić information content (AvgIpc) is 3.49. The molecular formula is C77H143NO5. The number of unbranched alkanes of at least 4 members (excludes halogenated alkanes) is 50. The summed E-state index contributed by atoms with van der Waals surface area (Å²) in [7, 11) is 0. The Morgan fingerprint density at radius 2 is 0.602 bits per heavy atom. The Labute approximate surface area is 518 Å². The lowest BCUT2D eigenvalue weighted by molar-refractivity contribution is -0.143. The number of hydrogen-bond acceptors (Lipinski definition) is 5. The molecule has 0 aromatic carbocycles. The number of aliphatic hydroxyl groups excluding tert-OH is 2. The van der Waals surface area contributed by atoms with Crippen LogP contribution in [-0.2, 0) is 14.3 Å². The van der Waals surface area contributed by atoms with Crippen molar-refractivity contribution in [3.8, 4) is 0 Å². The van der Waals surface area contributed by atoms with E-state index in [4.69, 9.17) is 4.74 Å². The quantitative estimate of drug-likeness (QED) is 0.0320. The molecule has 6 heteroatoms. The Hall–Kier alpha value is -2.44. The van der Waals surface area contributed by atoms with Crippen molar-refractivity contribution in [2.45, 2.75) is 405 Å². The number of aliphatic hydroxyl groups is 2. The summed E-state index contributed by atoms with van der Waals surface area (Å²) in [5.74, 6) is -0.0759. The highest BCUT2D eigenvalue weighted by atomic mass is 16.5. The number of carbonyl (C=O) groups is 2. The molecule has 0 bridgehead atoms. The second-order valence-electron chi connectivity index (χ2n) is 25.3. The minimum absolute atomic E-state index is 0.000617. The summed E-state index contributed by atoms with van der Waals surface area (Å²) >= 11 is 0. The first kappa shape index (κ1) is 80.6. The van der Waals surface area contributed by atoms with E-state index in [2.05, 4.69) is 67.8 Å². The first-order valence-electron chi connectivity index (χ1n) is 37.1. The molecule has 3 N–H and O–H groups in total. The highest BCUT2D eigenvalue weighted by Gasteiger charge is 2.18. The smallest absolute Gasteiger partial charge is 0.305 e. The van der Waals surface area contributed by atoms with Crippen molar-refractivity contribution in [2.24, 2.45) is 0 Å². The van der Waals surface area contributed by atoms with Gasteiger partial charge >= 0.3 is 5.97 Å². The van der Waals surface area contributed by atoms with Crippen LogP contribution in [0.3, 0.4) is 0 Å². The second kappa shape index (κ2) is 72.0. The van der Waals surface area contributed by atoms with Gasteiger partial charge in [0.2, 0.25) is 5.91 Å². The molecule has 83 heavy (non-hydrogen) atoms. The Morgan fingerprint density at radius 1 is 0.337 bits per heavy atom. The molecule has 0 rings (SSSR count). The minimum atomic E-state index is -0.854. The maximum absolute atomic E-state index is 12.5. The molecule has 1 amide bonds. The van der Waals surface area contributed by atoms with Crippen LogP contribution in [0.2, 0.25) is 0 Å². The molecule has 2 atom stereocenters. The van der Waals surface area contributed by atoms with Crippen molar-refractivity contribution >= 4 is 11.9 Å². The summed E-state index contributed by atoms with van der Waals surface area (Å²) in [6.07, 6.45) is 95.9. The van der Waals surface area contributed by atoms with Crippen LogP contribution in [0.1, 0.15) is 393 Å². The van der Waals surface area contributed by atoms with Crippen molar-refractivity contribution in [1.82, 2.24) is 5.32 Å². The number of ether oxygens (including phenoxy) is 1. The Balaban J connectivity index is 3.47. The predicted molar refractivity (Wildman–Crippen MR) is 365 cm³/mol. The first-order valence-corrected chi connectivity index (χ1v) is 37.1. The van der Waals surface area contributed by atoms with E-state index >= 15 is 0 Å². The summed E-state index contributed by atoms with van der Waals surface area (Å²) in [6, 6.07) is -0.639. The zero-order valence-corrected chi connectivity index (χ0v) is 55.7. The van der Waals surface area contributed by atoms with Crippen LogP contribution >= 0.6 is 0 Å². The van der Waals surface area contributed by atoms with Crippen molar-refractivity contribution < 1.29 is 24.5 Å². The molecule has 0 heterocycles. The van der Waals surface area contributed by atoms with Gasteiger partial charge in [-0.1, -0.05) is 344 Å². The number of rotatable bonds is 69. The lowest BCUT2D eigenvalue weighted by Gasteiger charge is -2.20. The van der Waals surface area contributed by atoms with Gasteiger partial charge in [-0.3, -0.25) is 9.59 Å². The normalized spacial score (nSPS) is 12.9. The molecule has 0 aliphatic rings. The fourth-order valence-corrected chi connectivity index (χ4v) is 11.3. The van der Waals surface area contributed by atoms with E-state index in [1.54, 1.807) is 6.08 Å². The molecule has 0 aliphatic heterocycles. The molecule has 486 valence electrons. The third-order valence-electron chi connectivity index (χ3n) is 17.0. The van der Waals surface area contributed by atoms with Crippen LogP contribution in [0.25, 0.3) is 0 Å². The Kier molecular flexibility index (Phi) is 69.9. The maximum Gasteiger partial charge on any atom is 0.305 e. The molecule has 0 fully saturated rings. The number of hydrogen-bond donors (Lipinski definition) is 3. The van der Waals surface area contributed by atoms with Gasteiger partial charge in [0.25, 0.3) is 0 Å². The first-order chi connectivity index (χ1) is 41.0. The molecule has 6 nitrogen and oxygen atoms in total. The van der Waals surface area contributed by atoms with Gasteiger partial charge in [0, 0.05) is 12.8 Å². The van der Waals surface area contributed by atoms with Gasteiger partial charge in [-0.05, 0) is 96.3 Å². The van der Waals surface area contributed by atoms with E-state index in [0.717, 1.165) is 70.6 Å². The number of nitrogens with one attached hydrogen (secondary N) is 1. The van der Waals surface area contributed by atoms with E-state index in [-0.39, 0.29) is 18.5 Å². The van der Waals surface area contributed by atoms with Crippen molar-refractivity contribution in [3.63, 3.8) is 0 Å². The van der Waals surface area contributed by atoms with Crippen LogP contribution in [0.4, 0.5) is 0 Å². The van der Waals surface area contributed by atoms with Crippen molar-refractivity contribution in [3.05, 3.63) is 60.8 Å². The molecule has 0 aliphatic carbocycles. The molecule has 0 radical (unpaired) electrons. The fraction of sp³-hybridized carbons (Fsp3) is 0.844. The van der Waals surface area contributed by atoms with Gasteiger partial charge in [0.05, 0.1) is 25.4 Å². The van der Waals surface area contributed by atoms with Crippen LogP contribution in [0, 0.1) is 0 Å². The van der Waals surface area contributed by atoms with Gasteiger partial charge in [-0.25, -0.2) is 0 Å². The standard InChI is InChI=1S/C77H143NO5/c1-3-5-7-9-11-13-15-17-19-21-23-24-25-26-28-31-34-37-41-45-49-53-57-61-65-69-75(80)74(73-79)78-76(81)70-66-62-58-54-50-46-42-38-35-32-29-27-30-33-36-40-44-48-52-56-60-64-68-72-83-77(82)71-67-63-59-55-51-47-43-39-22-20-18-16-14-12-10-8-6-4-2/h14,16,20,22,27,30,32,35,65,69,74-75,79-80H,3-13,15,17-19,21,23-26,28-29,31,33-34,36-64,66-68,70-73H2,1-2H3,(H,78,81)/b16-14-,22-20-,30-27-,35-32-,69-65+. The van der Waals surface area contributed by atoms with Crippen LogP contribution in [-0.4, -0.2) is 47.4 Å². The second-order valence-corrected chi connectivity index (χ2v) is 25.3. The molecule has 0 spiro atoms. The number of esters is 1. The average molecular weight is 1160 g/mol. The lowest BCUT2D eigenvalue weighted by Crippen LogP contribution is -2.45. The van der Waals surface area contributed by atoms with E-state index < -0.39 is 12.1 Å². The zero-order valence-electron chi connectivity index (χ0n) is 55.7. The van der Waals surface area contributed by atoms with E-state index in [1.165, 1.54) is 295 Å². The molecular weight excluding hydrogens is 1020 g/mol. The Bertz CT molecular complexity index is 1430. The highest BCUT2D eigenvalue weighted by molar-refractivity contribution is 5.76. The monoisotopic (exact) mass is 1160 g/mol. The molecule has 0 saturated heterocycles. The largest absolute Gasteiger partial charge is 0.466 e. The van der Waals surface area contributed by atoms with Crippen LogP contribution < -0.4 is 5.32 Å². The predicted octanol–water partition coefficient (Wildman–Crippen LogP) is 24.2. The lowest BCUT2D eigenvalue weighted by atomic mass is 10.0. The molecule has 0 aromatic heterocycles. The van der Waals surface area contributed by atoms with Gasteiger partial charge in [-0.15, -0.1) is 0 Å². The van der Waals surface area contributed by atoms with Gasteiger partial charge in [0.15, 0.2) is 0 Å².